The van der Waals surface area contributed by atoms with Gasteiger partial charge in [0, 0.05) is 31.2 Å². The van der Waals surface area contributed by atoms with Gasteiger partial charge in [0.2, 0.25) is 0 Å². The van der Waals surface area contributed by atoms with Crippen LogP contribution in [0.1, 0.15) is 25.1 Å². The molecule has 0 atom stereocenters. The van der Waals surface area contributed by atoms with Gasteiger partial charge in [-0.3, -0.25) is 18.8 Å². The lowest BCUT2D eigenvalue weighted by molar-refractivity contribution is 0.686. The molecule has 0 N–H and O–H groups in total. The zero-order valence-electron chi connectivity index (χ0n) is 19.3. The fourth-order valence-corrected chi connectivity index (χ4v) is 4.38. The first-order valence-corrected chi connectivity index (χ1v) is 10.7. The molecule has 33 heavy (non-hydrogen) atoms. The van der Waals surface area contributed by atoms with E-state index in [0.717, 1.165) is 50.0 Å². The molecule has 164 valence electrons. The standard InChI is InChI=1S/C26H24N6O/c1-16-21(14-30(4)29-16)17-6-11-22-20(12-17)24-23(13-28-22)31(5)25(33)32(24)19-9-7-18(8-10-19)26(2,3)15-27/h6-14H,1-5H3. The van der Waals surface area contributed by atoms with Gasteiger partial charge in [-0.2, -0.15) is 10.4 Å². The maximum atomic E-state index is 13.3. The summed E-state index contributed by atoms with van der Waals surface area (Å²) in [5, 5.41) is 14.8. The van der Waals surface area contributed by atoms with Gasteiger partial charge < -0.3 is 0 Å². The van der Waals surface area contributed by atoms with Crippen molar-refractivity contribution in [1.29, 1.82) is 5.26 Å². The van der Waals surface area contributed by atoms with Gasteiger partial charge in [0.25, 0.3) is 0 Å². The molecule has 0 fully saturated rings. The number of rotatable bonds is 3. The Morgan fingerprint density at radius 3 is 2.42 bits per heavy atom. The number of hydrogen-bond donors (Lipinski definition) is 0. The third-order valence-electron chi connectivity index (χ3n) is 6.33. The second-order valence-corrected chi connectivity index (χ2v) is 8.99. The van der Waals surface area contributed by atoms with Gasteiger partial charge in [-0.1, -0.05) is 18.2 Å². The largest absolute Gasteiger partial charge is 0.333 e. The van der Waals surface area contributed by atoms with E-state index in [1.807, 2.05) is 70.4 Å². The molecule has 0 saturated heterocycles. The lowest BCUT2D eigenvalue weighted by Crippen LogP contribution is -2.21. The smallest absolute Gasteiger partial charge is 0.293 e. The number of fused-ring (bicyclic) bond motifs is 3. The number of aromatic nitrogens is 5. The van der Waals surface area contributed by atoms with Gasteiger partial charge in [-0.15, -0.1) is 0 Å². The van der Waals surface area contributed by atoms with Crippen molar-refractivity contribution in [1.82, 2.24) is 23.9 Å². The van der Waals surface area contributed by atoms with Crippen LogP contribution in [-0.2, 0) is 19.5 Å². The van der Waals surface area contributed by atoms with Crippen molar-refractivity contribution < 1.29 is 0 Å². The molecule has 7 nitrogen and oxygen atoms in total. The number of aryl methyl sites for hydroxylation is 3. The zero-order valence-corrected chi connectivity index (χ0v) is 19.3. The summed E-state index contributed by atoms with van der Waals surface area (Å²) in [4.78, 5) is 17.9. The molecule has 0 saturated carbocycles. The molecule has 0 spiro atoms. The molecule has 0 aliphatic rings. The van der Waals surface area contributed by atoms with Crippen molar-refractivity contribution in [3.8, 4) is 22.9 Å². The molecule has 3 aromatic heterocycles. The van der Waals surface area contributed by atoms with Crippen molar-refractivity contribution in [2.75, 3.05) is 0 Å². The molecule has 0 amide bonds. The fourth-order valence-electron chi connectivity index (χ4n) is 4.38. The van der Waals surface area contributed by atoms with Crippen molar-refractivity contribution in [3.05, 3.63) is 76.6 Å². The molecule has 0 bridgehead atoms. The van der Waals surface area contributed by atoms with Crippen LogP contribution in [0.5, 0.6) is 0 Å². The van der Waals surface area contributed by atoms with E-state index in [1.54, 1.807) is 27.1 Å². The molecule has 7 heteroatoms. The fraction of sp³-hybridized carbons (Fsp3) is 0.231. The molecule has 0 unspecified atom stereocenters. The number of benzene rings is 2. The van der Waals surface area contributed by atoms with Gasteiger partial charge >= 0.3 is 5.69 Å². The Bertz CT molecular complexity index is 1640. The predicted molar refractivity (Wildman–Crippen MR) is 129 cm³/mol. The van der Waals surface area contributed by atoms with Crippen LogP contribution in [0.15, 0.2) is 59.7 Å². The summed E-state index contributed by atoms with van der Waals surface area (Å²) in [5.41, 5.74) is 6.30. The van der Waals surface area contributed by atoms with E-state index in [-0.39, 0.29) is 5.69 Å². The van der Waals surface area contributed by atoms with Crippen molar-refractivity contribution in [3.63, 3.8) is 0 Å². The number of nitriles is 1. The molecule has 2 aromatic carbocycles. The van der Waals surface area contributed by atoms with Gasteiger partial charge in [0.15, 0.2) is 0 Å². The Morgan fingerprint density at radius 2 is 1.79 bits per heavy atom. The highest BCUT2D eigenvalue weighted by atomic mass is 16.1. The minimum absolute atomic E-state index is 0.144. The third-order valence-corrected chi connectivity index (χ3v) is 6.33. The van der Waals surface area contributed by atoms with Crippen LogP contribution < -0.4 is 5.69 Å². The second-order valence-electron chi connectivity index (χ2n) is 8.99. The lowest BCUT2D eigenvalue weighted by atomic mass is 9.86. The average Bonchev–Trinajstić information content (AvgIpc) is 3.28. The SMILES string of the molecule is Cc1nn(C)cc1-c1ccc2ncc3c(c2c1)n(-c1ccc(C(C)(C)C#N)cc1)c(=O)n3C. The third kappa shape index (κ3) is 3.14. The zero-order chi connectivity index (χ0) is 23.5. The summed E-state index contributed by atoms with van der Waals surface area (Å²) < 4.78 is 5.15. The quantitative estimate of drug-likeness (QED) is 0.420. The Kier molecular flexibility index (Phi) is 4.50. The minimum atomic E-state index is -0.602. The number of imidazole rings is 1. The average molecular weight is 437 g/mol. The molecular formula is C26H24N6O. The summed E-state index contributed by atoms with van der Waals surface area (Å²) in [6, 6.07) is 16.1. The normalized spacial score (nSPS) is 11.9. The van der Waals surface area contributed by atoms with Crippen LogP contribution >= 0.6 is 0 Å². The van der Waals surface area contributed by atoms with Crippen LogP contribution in [-0.4, -0.2) is 23.9 Å². The highest BCUT2D eigenvalue weighted by molar-refractivity contribution is 6.04. The van der Waals surface area contributed by atoms with Crippen molar-refractivity contribution >= 4 is 21.9 Å². The highest BCUT2D eigenvalue weighted by Crippen LogP contribution is 2.31. The van der Waals surface area contributed by atoms with E-state index < -0.39 is 5.41 Å². The van der Waals surface area contributed by atoms with Gasteiger partial charge in [0.1, 0.15) is 0 Å². The first-order valence-electron chi connectivity index (χ1n) is 10.7. The van der Waals surface area contributed by atoms with Gasteiger partial charge in [0.05, 0.1) is 45.6 Å². The summed E-state index contributed by atoms with van der Waals surface area (Å²) >= 11 is 0. The molecule has 0 radical (unpaired) electrons. The Morgan fingerprint density at radius 1 is 1.06 bits per heavy atom. The van der Waals surface area contributed by atoms with Gasteiger partial charge in [-0.25, -0.2) is 4.79 Å². The van der Waals surface area contributed by atoms with E-state index in [4.69, 9.17) is 0 Å². The van der Waals surface area contributed by atoms with Crippen molar-refractivity contribution in [2.45, 2.75) is 26.2 Å². The minimum Gasteiger partial charge on any atom is -0.293 e. The molecular weight excluding hydrogens is 412 g/mol. The van der Waals surface area contributed by atoms with E-state index in [2.05, 4.69) is 22.2 Å². The van der Waals surface area contributed by atoms with E-state index in [0.29, 0.717) is 0 Å². The number of hydrogen-bond acceptors (Lipinski definition) is 4. The molecule has 5 rings (SSSR count). The summed E-state index contributed by atoms with van der Waals surface area (Å²) in [6.07, 6.45) is 3.75. The molecule has 0 aliphatic carbocycles. The molecule has 5 aromatic rings. The summed E-state index contributed by atoms with van der Waals surface area (Å²) in [6.45, 7) is 5.75. The maximum Gasteiger partial charge on any atom is 0.333 e. The van der Waals surface area contributed by atoms with Crippen LogP contribution in [0.4, 0.5) is 0 Å². The van der Waals surface area contributed by atoms with Crippen LogP contribution in [0.3, 0.4) is 0 Å². The van der Waals surface area contributed by atoms with E-state index >= 15 is 0 Å². The highest BCUT2D eigenvalue weighted by Gasteiger charge is 2.21. The number of nitrogens with zero attached hydrogens (tertiary/aromatic N) is 6. The Hall–Kier alpha value is -4.18. The van der Waals surface area contributed by atoms with Crippen LogP contribution in [0, 0.1) is 18.3 Å². The van der Waals surface area contributed by atoms with Gasteiger partial charge in [-0.05, 0) is 56.2 Å². The second kappa shape index (κ2) is 7.17. The topological polar surface area (TPSA) is 81.4 Å². The van der Waals surface area contributed by atoms with E-state index in [9.17, 15) is 10.1 Å². The number of pyridine rings is 1. The first kappa shape index (κ1) is 20.7. The summed E-state index contributed by atoms with van der Waals surface area (Å²) in [7, 11) is 3.67. The molecule has 0 aliphatic heterocycles. The van der Waals surface area contributed by atoms with Crippen molar-refractivity contribution in [2.24, 2.45) is 14.1 Å². The van der Waals surface area contributed by atoms with Crippen LogP contribution in [0.25, 0.3) is 38.8 Å². The van der Waals surface area contributed by atoms with E-state index in [1.165, 1.54) is 0 Å². The Labute approximate surface area is 191 Å². The van der Waals surface area contributed by atoms with Crippen LogP contribution in [0.2, 0.25) is 0 Å². The lowest BCUT2D eigenvalue weighted by Gasteiger charge is -2.16. The summed E-state index contributed by atoms with van der Waals surface area (Å²) in [5.74, 6) is 0. The maximum absolute atomic E-state index is 13.3. The molecule has 3 heterocycles. The Balaban J connectivity index is 1.80. The predicted octanol–water partition coefficient (Wildman–Crippen LogP) is 4.39. The monoisotopic (exact) mass is 436 g/mol. The first-order chi connectivity index (χ1) is 15.7.